The maximum Gasteiger partial charge on any atom is 0.345 e. The molecular formula is C9H6BrN2O. The summed E-state index contributed by atoms with van der Waals surface area (Å²) in [6.45, 7) is 0. The molecule has 0 aliphatic carbocycles. The Morgan fingerprint density at radius 1 is 1.38 bits per heavy atom. The Balaban J connectivity index is 2.31. The molecule has 0 atom stereocenters. The number of carbonyl (C=O) groups is 1. The van der Waals surface area contributed by atoms with E-state index in [4.69, 9.17) is 0 Å². The Kier molecular flexibility index (Phi) is 2.06. The summed E-state index contributed by atoms with van der Waals surface area (Å²) in [6.07, 6.45) is 1.60. The first-order chi connectivity index (χ1) is 6.25. The van der Waals surface area contributed by atoms with Crippen LogP contribution in [0.15, 0.2) is 34.9 Å². The van der Waals surface area contributed by atoms with E-state index in [9.17, 15) is 4.79 Å². The minimum Gasteiger partial charge on any atom is -0.311 e. The second-order valence-electron chi connectivity index (χ2n) is 2.60. The van der Waals surface area contributed by atoms with Crippen molar-refractivity contribution in [1.82, 2.24) is 10.6 Å². The molecule has 2 amide bonds. The number of nitrogens with zero attached hydrogens (tertiary/aromatic N) is 1. The molecular weight excluding hydrogens is 232 g/mol. The third kappa shape index (κ3) is 1.72. The zero-order chi connectivity index (χ0) is 9.26. The average Bonchev–Trinajstić information content (AvgIpc) is 2.52. The summed E-state index contributed by atoms with van der Waals surface area (Å²) in [6, 6.07) is 7.33. The van der Waals surface area contributed by atoms with Gasteiger partial charge in [-0.1, -0.05) is 28.1 Å². The van der Waals surface area contributed by atoms with Gasteiger partial charge < -0.3 is 5.32 Å². The molecule has 0 unspecified atom stereocenters. The first-order valence-electron chi connectivity index (χ1n) is 3.74. The van der Waals surface area contributed by atoms with Gasteiger partial charge in [0, 0.05) is 16.2 Å². The molecule has 2 rings (SSSR count). The Morgan fingerprint density at radius 3 is 2.85 bits per heavy atom. The highest BCUT2D eigenvalue weighted by Gasteiger charge is 2.14. The lowest BCUT2D eigenvalue weighted by Crippen LogP contribution is -2.15. The van der Waals surface area contributed by atoms with Crippen LogP contribution in [0, 0.1) is 0 Å². The molecule has 65 valence electrons. The SMILES string of the molecule is O=C1[N]C(c2cccc(Br)c2)=CN1. The van der Waals surface area contributed by atoms with Crippen LogP contribution in [0.4, 0.5) is 4.79 Å². The van der Waals surface area contributed by atoms with E-state index < -0.39 is 0 Å². The van der Waals surface area contributed by atoms with Crippen molar-refractivity contribution in [1.29, 1.82) is 0 Å². The van der Waals surface area contributed by atoms with E-state index in [1.807, 2.05) is 24.3 Å². The largest absolute Gasteiger partial charge is 0.345 e. The van der Waals surface area contributed by atoms with Gasteiger partial charge in [-0.05, 0) is 12.1 Å². The van der Waals surface area contributed by atoms with E-state index in [-0.39, 0.29) is 6.03 Å². The monoisotopic (exact) mass is 237 g/mol. The number of carbonyl (C=O) groups excluding carboxylic acids is 1. The van der Waals surface area contributed by atoms with Gasteiger partial charge in [-0.25, -0.2) is 4.79 Å². The molecule has 0 spiro atoms. The summed E-state index contributed by atoms with van der Waals surface area (Å²) in [4.78, 5) is 10.8. The second kappa shape index (κ2) is 3.22. The van der Waals surface area contributed by atoms with Gasteiger partial charge in [0.05, 0.1) is 5.70 Å². The molecule has 1 N–H and O–H groups in total. The topological polar surface area (TPSA) is 43.2 Å². The molecule has 0 fully saturated rings. The van der Waals surface area contributed by atoms with Crippen molar-refractivity contribution in [2.45, 2.75) is 0 Å². The van der Waals surface area contributed by atoms with Crippen molar-refractivity contribution >= 4 is 27.7 Å². The van der Waals surface area contributed by atoms with Gasteiger partial charge in [-0.3, -0.25) is 0 Å². The van der Waals surface area contributed by atoms with Crippen LogP contribution in [0.3, 0.4) is 0 Å². The molecule has 0 saturated heterocycles. The number of benzene rings is 1. The fraction of sp³-hybridized carbons (Fsp3) is 0. The molecule has 3 nitrogen and oxygen atoms in total. The highest BCUT2D eigenvalue weighted by Crippen LogP contribution is 2.19. The van der Waals surface area contributed by atoms with Crippen molar-refractivity contribution in [3.05, 3.63) is 40.5 Å². The summed E-state index contributed by atoms with van der Waals surface area (Å²) in [7, 11) is 0. The highest BCUT2D eigenvalue weighted by atomic mass is 79.9. The summed E-state index contributed by atoms with van der Waals surface area (Å²) in [5.74, 6) is 0. The van der Waals surface area contributed by atoms with Crippen LogP contribution in [-0.2, 0) is 0 Å². The molecule has 1 heterocycles. The van der Waals surface area contributed by atoms with Crippen LogP contribution in [-0.4, -0.2) is 6.03 Å². The van der Waals surface area contributed by atoms with Crippen molar-refractivity contribution in [2.75, 3.05) is 0 Å². The van der Waals surface area contributed by atoms with E-state index in [1.165, 1.54) is 0 Å². The number of halogens is 1. The molecule has 1 aliphatic heterocycles. The van der Waals surface area contributed by atoms with Crippen molar-refractivity contribution in [2.24, 2.45) is 0 Å². The van der Waals surface area contributed by atoms with E-state index in [2.05, 4.69) is 26.6 Å². The summed E-state index contributed by atoms with van der Waals surface area (Å²) >= 11 is 3.35. The fourth-order valence-corrected chi connectivity index (χ4v) is 1.50. The Labute approximate surface area is 84.0 Å². The molecule has 0 aromatic heterocycles. The smallest absolute Gasteiger partial charge is 0.311 e. The third-order valence-electron chi connectivity index (χ3n) is 1.67. The normalized spacial score (nSPS) is 14.8. The number of rotatable bonds is 1. The van der Waals surface area contributed by atoms with Gasteiger partial charge in [0.25, 0.3) is 0 Å². The van der Waals surface area contributed by atoms with E-state index in [1.54, 1.807) is 6.20 Å². The second-order valence-corrected chi connectivity index (χ2v) is 3.52. The predicted molar refractivity (Wildman–Crippen MR) is 52.8 cm³/mol. The van der Waals surface area contributed by atoms with Crippen LogP contribution in [0.1, 0.15) is 5.56 Å². The standard InChI is InChI=1S/C9H6BrN2O/c10-7-3-1-2-6(4-7)8-5-11-9(13)12-8/h1-5H,(H,11,13). The van der Waals surface area contributed by atoms with Crippen LogP contribution in [0.25, 0.3) is 5.70 Å². The zero-order valence-corrected chi connectivity index (χ0v) is 8.21. The predicted octanol–water partition coefficient (Wildman–Crippen LogP) is 2.08. The molecule has 1 aromatic carbocycles. The molecule has 1 aromatic rings. The van der Waals surface area contributed by atoms with Crippen molar-refractivity contribution in [3.63, 3.8) is 0 Å². The van der Waals surface area contributed by atoms with Gasteiger partial charge in [0.15, 0.2) is 0 Å². The minimum absolute atomic E-state index is 0.310. The quantitative estimate of drug-likeness (QED) is 0.799. The van der Waals surface area contributed by atoms with Gasteiger partial charge >= 0.3 is 6.03 Å². The van der Waals surface area contributed by atoms with E-state index >= 15 is 0 Å². The van der Waals surface area contributed by atoms with Gasteiger partial charge in [-0.15, -0.1) is 0 Å². The Hall–Kier alpha value is -1.29. The first kappa shape index (κ1) is 8.31. The molecule has 4 heteroatoms. The van der Waals surface area contributed by atoms with Gasteiger partial charge in [-0.2, -0.15) is 5.32 Å². The molecule has 0 saturated carbocycles. The Bertz CT molecular complexity index is 387. The lowest BCUT2D eigenvalue weighted by Gasteiger charge is -1.99. The number of amides is 2. The minimum atomic E-state index is -0.310. The molecule has 13 heavy (non-hydrogen) atoms. The van der Waals surface area contributed by atoms with Gasteiger partial charge in [0.2, 0.25) is 0 Å². The van der Waals surface area contributed by atoms with Crippen molar-refractivity contribution < 1.29 is 4.79 Å². The van der Waals surface area contributed by atoms with Crippen molar-refractivity contribution in [3.8, 4) is 0 Å². The summed E-state index contributed by atoms with van der Waals surface area (Å²) in [5, 5.41) is 6.29. The van der Waals surface area contributed by atoms with E-state index in [0.29, 0.717) is 5.70 Å². The third-order valence-corrected chi connectivity index (χ3v) is 2.17. The number of hydrogen-bond acceptors (Lipinski definition) is 1. The number of nitrogens with one attached hydrogen (secondary N) is 1. The van der Waals surface area contributed by atoms with Crippen LogP contribution < -0.4 is 10.6 Å². The fourth-order valence-electron chi connectivity index (χ4n) is 1.10. The molecule has 1 radical (unpaired) electrons. The maximum absolute atomic E-state index is 10.8. The zero-order valence-electron chi connectivity index (χ0n) is 6.62. The number of urea groups is 1. The average molecular weight is 238 g/mol. The van der Waals surface area contributed by atoms with E-state index in [0.717, 1.165) is 10.0 Å². The summed E-state index contributed by atoms with van der Waals surface area (Å²) in [5.41, 5.74) is 1.60. The van der Waals surface area contributed by atoms with Crippen LogP contribution in [0.5, 0.6) is 0 Å². The van der Waals surface area contributed by atoms with Crippen LogP contribution >= 0.6 is 15.9 Å². The number of hydrogen-bond donors (Lipinski definition) is 1. The lowest BCUT2D eigenvalue weighted by molar-refractivity contribution is 0.249. The van der Waals surface area contributed by atoms with Crippen LogP contribution in [0.2, 0.25) is 0 Å². The molecule has 1 aliphatic rings. The lowest BCUT2D eigenvalue weighted by atomic mass is 10.2. The first-order valence-corrected chi connectivity index (χ1v) is 4.53. The van der Waals surface area contributed by atoms with Gasteiger partial charge in [0.1, 0.15) is 0 Å². The molecule has 0 bridgehead atoms. The highest BCUT2D eigenvalue weighted by molar-refractivity contribution is 9.10. The Morgan fingerprint density at radius 2 is 2.23 bits per heavy atom. The summed E-state index contributed by atoms with van der Waals surface area (Å²) < 4.78 is 0.973. The maximum atomic E-state index is 10.8.